The number of ether oxygens (including phenoxy) is 1. The average molecular weight is 384 g/mol. The lowest BCUT2D eigenvalue weighted by Gasteiger charge is -2.22. The second kappa shape index (κ2) is 9.55. The Hall–Kier alpha value is -3.35. The van der Waals surface area contributed by atoms with Crippen LogP contribution < -0.4 is 10.6 Å². The van der Waals surface area contributed by atoms with Gasteiger partial charge in [0, 0.05) is 0 Å². The number of hydrogen-bond acceptors (Lipinski definition) is 4. The largest absolute Gasteiger partial charge is 0.478 e. The van der Waals surface area contributed by atoms with Gasteiger partial charge < -0.3 is 20.5 Å². The van der Waals surface area contributed by atoms with E-state index in [4.69, 9.17) is 4.74 Å². The maximum absolute atomic E-state index is 12.7. The zero-order valence-electron chi connectivity index (χ0n) is 16.1. The minimum atomic E-state index is -1.13. The van der Waals surface area contributed by atoms with Crippen LogP contribution in [0, 0.1) is 12.8 Å². The summed E-state index contributed by atoms with van der Waals surface area (Å²) in [5.41, 5.74) is 1.56. The van der Waals surface area contributed by atoms with Crippen LogP contribution >= 0.6 is 0 Å². The average Bonchev–Trinajstić information content (AvgIpc) is 2.64. The molecule has 7 nitrogen and oxygen atoms in total. The molecule has 2 rings (SSSR count). The highest BCUT2D eigenvalue weighted by molar-refractivity contribution is 6.03. The number of carbonyl (C=O) groups is 3. The molecule has 0 saturated heterocycles. The lowest BCUT2D eigenvalue weighted by atomic mass is 10.0. The van der Waals surface area contributed by atoms with Crippen LogP contribution in [-0.2, 0) is 16.1 Å². The van der Waals surface area contributed by atoms with Gasteiger partial charge in [0.15, 0.2) is 0 Å². The van der Waals surface area contributed by atoms with Gasteiger partial charge in [0.2, 0.25) is 5.91 Å². The van der Waals surface area contributed by atoms with Gasteiger partial charge in [-0.05, 0) is 30.0 Å². The fraction of sp³-hybridized carbons (Fsp3) is 0.286. The van der Waals surface area contributed by atoms with Crippen LogP contribution in [0.3, 0.4) is 0 Å². The van der Waals surface area contributed by atoms with E-state index in [9.17, 15) is 19.5 Å². The molecule has 0 fully saturated rings. The maximum Gasteiger partial charge on any atom is 0.408 e. The molecular weight excluding hydrogens is 360 g/mol. The lowest BCUT2D eigenvalue weighted by molar-refractivity contribution is -0.119. The van der Waals surface area contributed by atoms with Gasteiger partial charge in [-0.15, -0.1) is 0 Å². The zero-order valence-corrected chi connectivity index (χ0v) is 16.1. The van der Waals surface area contributed by atoms with E-state index in [1.54, 1.807) is 32.9 Å². The van der Waals surface area contributed by atoms with Gasteiger partial charge >= 0.3 is 12.1 Å². The second-order valence-corrected chi connectivity index (χ2v) is 6.72. The Bertz CT molecular complexity index is 849. The van der Waals surface area contributed by atoms with Crippen molar-refractivity contribution in [3.8, 4) is 0 Å². The highest BCUT2D eigenvalue weighted by atomic mass is 16.5. The first-order chi connectivity index (χ1) is 13.3. The molecule has 0 spiro atoms. The Morgan fingerprint density at radius 1 is 1.04 bits per heavy atom. The molecule has 1 atom stereocenters. The predicted octanol–water partition coefficient (Wildman–Crippen LogP) is 3.58. The van der Waals surface area contributed by atoms with Crippen molar-refractivity contribution < 1.29 is 24.2 Å². The summed E-state index contributed by atoms with van der Waals surface area (Å²) in [6, 6.07) is 13.1. The van der Waals surface area contributed by atoms with Gasteiger partial charge in [-0.1, -0.05) is 56.3 Å². The number of benzene rings is 2. The number of nitrogens with one attached hydrogen (secondary N) is 2. The van der Waals surface area contributed by atoms with Crippen molar-refractivity contribution in [2.24, 2.45) is 5.92 Å². The van der Waals surface area contributed by atoms with Crippen molar-refractivity contribution in [3.63, 3.8) is 0 Å². The molecule has 0 aliphatic rings. The van der Waals surface area contributed by atoms with Crippen LogP contribution in [0.5, 0.6) is 0 Å². The Kier molecular flexibility index (Phi) is 7.14. The Balaban J connectivity index is 2.05. The van der Waals surface area contributed by atoms with Crippen molar-refractivity contribution in [1.29, 1.82) is 0 Å². The third kappa shape index (κ3) is 5.57. The number of aromatic carboxylic acids is 1. The van der Waals surface area contributed by atoms with Gasteiger partial charge in [-0.2, -0.15) is 0 Å². The Labute approximate surface area is 163 Å². The third-order valence-electron chi connectivity index (χ3n) is 4.18. The fourth-order valence-electron chi connectivity index (χ4n) is 2.69. The molecule has 2 amide bonds. The van der Waals surface area contributed by atoms with E-state index in [2.05, 4.69) is 10.6 Å². The summed E-state index contributed by atoms with van der Waals surface area (Å²) in [4.78, 5) is 36.3. The van der Waals surface area contributed by atoms with Gasteiger partial charge in [-0.25, -0.2) is 9.59 Å². The highest BCUT2D eigenvalue weighted by Gasteiger charge is 2.26. The van der Waals surface area contributed by atoms with Crippen LogP contribution in [0.25, 0.3) is 0 Å². The number of amides is 2. The first-order valence-electron chi connectivity index (χ1n) is 8.90. The molecule has 0 aliphatic heterocycles. The monoisotopic (exact) mass is 384 g/mol. The van der Waals surface area contributed by atoms with E-state index >= 15 is 0 Å². The summed E-state index contributed by atoms with van der Waals surface area (Å²) >= 11 is 0. The normalized spacial score (nSPS) is 11.6. The summed E-state index contributed by atoms with van der Waals surface area (Å²) < 4.78 is 5.17. The van der Waals surface area contributed by atoms with E-state index in [1.165, 1.54) is 6.07 Å². The number of carboxylic acids is 1. The fourth-order valence-corrected chi connectivity index (χ4v) is 2.69. The quantitative estimate of drug-likeness (QED) is 0.677. The molecular formula is C21H24N2O5. The molecule has 3 N–H and O–H groups in total. The van der Waals surface area contributed by atoms with Crippen LogP contribution in [0.4, 0.5) is 10.5 Å². The van der Waals surface area contributed by atoms with Gasteiger partial charge in [-0.3, -0.25) is 4.79 Å². The predicted molar refractivity (Wildman–Crippen MR) is 105 cm³/mol. The van der Waals surface area contributed by atoms with Gasteiger partial charge in [0.05, 0.1) is 11.3 Å². The van der Waals surface area contributed by atoms with E-state index < -0.39 is 24.0 Å². The van der Waals surface area contributed by atoms with Gasteiger partial charge in [0.25, 0.3) is 0 Å². The van der Waals surface area contributed by atoms with Crippen LogP contribution in [0.15, 0.2) is 48.5 Å². The minimum Gasteiger partial charge on any atom is -0.478 e. The molecule has 148 valence electrons. The number of aryl methyl sites for hydroxylation is 1. The summed E-state index contributed by atoms with van der Waals surface area (Å²) in [5.74, 6) is -1.88. The molecule has 2 aromatic carbocycles. The number of carbonyl (C=O) groups excluding carboxylic acids is 2. The van der Waals surface area contributed by atoms with Gasteiger partial charge in [0.1, 0.15) is 12.6 Å². The number of rotatable bonds is 7. The second-order valence-electron chi connectivity index (χ2n) is 6.72. The van der Waals surface area contributed by atoms with E-state index in [1.807, 2.05) is 30.3 Å². The molecule has 0 unspecified atom stereocenters. The first-order valence-corrected chi connectivity index (χ1v) is 8.90. The van der Waals surface area contributed by atoms with E-state index in [-0.39, 0.29) is 23.8 Å². The summed E-state index contributed by atoms with van der Waals surface area (Å²) in [6.07, 6.45) is -0.722. The smallest absolute Gasteiger partial charge is 0.408 e. The first kappa shape index (κ1) is 21.0. The van der Waals surface area contributed by atoms with Crippen molar-refractivity contribution in [2.75, 3.05) is 5.32 Å². The summed E-state index contributed by atoms with van der Waals surface area (Å²) in [5, 5.41) is 14.5. The molecule has 7 heteroatoms. The molecule has 0 heterocycles. The van der Waals surface area contributed by atoms with Crippen molar-refractivity contribution in [2.45, 2.75) is 33.4 Å². The number of hydrogen-bond donors (Lipinski definition) is 3. The molecule has 0 saturated carbocycles. The molecule has 0 radical (unpaired) electrons. The van der Waals surface area contributed by atoms with Crippen molar-refractivity contribution in [1.82, 2.24) is 5.32 Å². The Morgan fingerprint density at radius 2 is 1.71 bits per heavy atom. The number of alkyl carbamates (subject to hydrolysis) is 1. The molecule has 0 aromatic heterocycles. The number of anilines is 1. The molecule has 28 heavy (non-hydrogen) atoms. The van der Waals surface area contributed by atoms with Crippen molar-refractivity contribution in [3.05, 3.63) is 65.2 Å². The molecule has 0 aliphatic carbocycles. The highest BCUT2D eigenvalue weighted by Crippen LogP contribution is 2.20. The number of carboxylic acid groups (broad SMARTS) is 1. The third-order valence-corrected chi connectivity index (χ3v) is 4.18. The zero-order chi connectivity index (χ0) is 20.7. The standard InChI is InChI=1S/C21H24N2O5/c1-13(2)18(23-21(27)28-12-15-9-5-4-6-10-15)19(24)22-16-11-7-8-14(3)17(16)20(25)26/h4-11,13,18H,12H2,1-3H3,(H,22,24)(H,23,27)(H,25,26)/t18-/m1/s1. The summed E-state index contributed by atoms with van der Waals surface area (Å²) in [7, 11) is 0. The minimum absolute atomic E-state index is 0.0185. The van der Waals surface area contributed by atoms with E-state index in [0.29, 0.717) is 5.56 Å². The molecule has 0 bridgehead atoms. The Morgan fingerprint density at radius 3 is 2.32 bits per heavy atom. The van der Waals surface area contributed by atoms with Crippen LogP contribution in [0.2, 0.25) is 0 Å². The summed E-state index contributed by atoms with van der Waals surface area (Å²) in [6.45, 7) is 5.28. The topological polar surface area (TPSA) is 105 Å². The van der Waals surface area contributed by atoms with Crippen LogP contribution in [-0.4, -0.2) is 29.1 Å². The van der Waals surface area contributed by atoms with Crippen LogP contribution in [0.1, 0.15) is 35.3 Å². The lowest BCUT2D eigenvalue weighted by Crippen LogP contribution is -2.47. The molecule has 2 aromatic rings. The van der Waals surface area contributed by atoms with E-state index in [0.717, 1.165) is 5.56 Å². The maximum atomic E-state index is 12.7. The van der Waals surface area contributed by atoms with Crippen molar-refractivity contribution >= 4 is 23.7 Å². The SMILES string of the molecule is Cc1cccc(NC(=O)[C@H](NC(=O)OCc2ccccc2)C(C)C)c1C(=O)O.